The Hall–Kier alpha value is -3.04. The molecule has 0 spiro atoms. The first kappa shape index (κ1) is 22.6. The van der Waals surface area contributed by atoms with Crippen LogP contribution in [0, 0.1) is 0 Å². The molecule has 0 saturated heterocycles. The summed E-state index contributed by atoms with van der Waals surface area (Å²) in [5.41, 5.74) is 2.72. The standard InChI is InChI=1S/C22H24N4O3S2/c1-14(24-15(2)27)16-7-9-17(10-8-16)18-13-31-22(25-18)26-20(28)6-3-11-23-21(29)19-5-4-12-30-19/h4-5,7-10,12-14H,3,6,11H2,1-2H3,(H,23,29)(H,24,27)(H,25,26,28). The van der Waals surface area contributed by atoms with Crippen molar-refractivity contribution in [2.24, 2.45) is 0 Å². The first-order valence-corrected chi connectivity index (χ1v) is 11.6. The molecular weight excluding hydrogens is 432 g/mol. The number of rotatable bonds is 9. The fraction of sp³-hybridized carbons (Fsp3) is 0.273. The maximum Gasteiger partial charge on any atom is 0.261 e. The van der Waals surface area contributed by atoms with E-state index < -0.39 is 0 Å². The molecule has 3 amide bonds. The molecule has 0 fully saturated rings. The molecule has 2 heterocycles. The van der Waals surface area contributed by atoms with Crippen LogP contribution in [0.1, 0.15) is 48.0 Å². The molecule has 1 unspecified atom stereocenters. The van der Waals surface area contributed by atoms with Crippen LogP contribution in [0.15, 0.2) is 47.2 Å². The van der Waals surface area contributed by atoms with Crippen LogP contribution in [0.2, 0.25) is 0 Å². The van der Waals surface area contributed by atoms with Crippen molar-refractivity contribution in [2.75, 3.05) is 11.9 Å². The molecule has 3 aromatic rings. The monoisotopic (exact) mass is 456 g/mol. The molecule has 0 saturated carbocycles. The molecule has 31 heavy (non-hydrogen) atoms. The highest BCUT2D eigenvalue weighted by molar-refractivity contribution is 7.14. The fourth-order valence-electron chi connectivity index (χ4n) is 2.92. The molecule has 0 bridgehead atoms. The summed E-state index contributed by atoms with van der Waals surface area (Å²) in [4.78, 5) is 40.3. The largest absolute Gasteiger partial charge is 0.351 e. The van der Waals surface area contributed by atoms with Crippen molar-refractivity contribution >= 4 is 45.5 Å². The summed E-state index contributed by atoms with van der Waals surface area (Å²) in [7, 11) is 0. The third-order valence-electron chi connectivity index (χ3n) is 4.49. The smallest absolute Gasteiger partial charge is 0.261 e. The van der Waals surface area contributed by atoms with Crippen LogP contribution in [0.4, 0.5) is 5.13 Å². The van der Waals surface area contributed by atoms with Gasteiger partial charge in [-0.2, -0.15) is 0 Å². The maximum absolute atomic E-state index is 12.1. The van der Waals surface area contributed by atoms with Gasteiger partial charge >= 0.3 is 0 Å². The van der Waals surface area contributed by atoms with E-state index in [9.17, 15) is 14.4 Å². The summed E-state index contributed by atoms with van der Waals surface area (Å²) in [6.07, 6.45) is 0.852. The van der Waals surface area contributed by atoms with E-state index in [1.807, 2.05) is 48.0 Å². The molecular formula is C22H24N4O3S2. The lowest BCUT2D eigenvalue weighted by atomic mass is 10.1. The Morgan fingerprint density at radius 2 is 1.87 bits per heavy atom. The van der Waals surface area contributed by atoms with Gasteiger partial charge in [0.25, 0.3) is 5.91 Å². The molecule has 9 heteroatoms. The normalized spacial score (nSPS) is 11.5. The number of nitrogens with one attached hydrogen (secondary N) is 3. The Morgan fingerprint density at radius 3 is 2.55 bits per heavy atom. The summed E-state index contributed by atoms with van der Waals surface area (Å²) in [5.74, 6) is -0.315. The minimum absolute atomic E-state index is 0.0630. The SMILES string of the molecule is CC(=O)NC(C)c1ccc(-c2csc(NC(=O)CCCNC(=O)c3cccs3)n2)cc1. The first-order chi connectivity index (χ1) is 14.9. The van der Waals surface area contributed by atoms with Gasteiger partial charge in [-0.3, -0.25) is 14.4 Å². The van der Waals surface area contributed by atoms with E-state index in [2.05, 4.69) is 20.9 Å². The van der Waals surface area contributed by atoms with Crippen LogP contribution in [-0.2, 0) is 9.59 Å². The minimum atomic E-state index is -0.134. The Morgan fingerprint density at radius 1 is 1.10 bits per heavy atom. The molecule has 7 nitrogen and oxygen atoms in total. The van der Waals surface area contributed by atoms with Gasteiger partial charge in [0.05, 0.1) is 16.6 Å². The summed E-state index contributed by atoms with van der Waals surface area (Å²) in [6, 6.07) is 11.3. The van der Waals surface area contributed by atoms with E-state index in [1.54, 1.807) is 6.07 Å². The van der Waals surface area contributed by atoms with Crippen molar-refractivity contribution in [3.8, 4) is 11.3 Å². The number of amides is 3. The number of benzene rings is 1. The van der Waals surface area contributed by atoms with Crippen molar-refractivity contribution in [1.82, 2.24) is 15.6 Å². The third kappa shape index (κ3) is 6.73. The molecule has 1 atom stereocenters. The van der Waals surface area contributed by atoms with Crippen molar-refractivity contribution in [3.05, 3.63) is 57.6 Å². The predicted octanol–water partition coefficient (Wildman–Crippen LogP) is 4.22. The second-order valence-electron chi connectivity index (χ2n) is 6.97. The van der Waals surface area contributed by atoms with Gasteiger partial charge in [-0.05, 0) is 30.4 Å². The van der Waals surface area contributed by atoms with Crippen LogP contribution in [0.3, 0.4) is 0 Å². The summed E-state index contributed by atoms with van der Waals surface area (Å²) in [5, 5.41) is 12.8. The second-order valence-corrected chi connectivity index (χ2v) is 8.77. The van der Waals surface area contributed by atoms with Gasteiger partial charge in [0.1, 0.15) is 0 Å². The highest BCUT2D eigenvalue weighted by atomic mass is 32.1. The molecule has 3 rings (SSSR count). The average Bonchev–Trinajstić information content (AvgIpc) is 3.43. The van der Waals surface area contributed by atoms with Crippen molar-refractivity contribution in [2.45, 2.75) is 32.7 Å². The predicted molar refractivity (Wildman–Crippen MR) is 124 cm³/mol. The van der Waals surface area contributed by atoms with Gasteiger partial charge < -0.3 is 16.0 Å². The first-order valence-electron chi connectivity index (χ1n) is 9.87. The molecule has 0 aliphatic heterocycles. The van der Waals surface area contributed by atoms with Crippen LogP contribution in [0.5, 0.6) is 0 Å². The molecule has 2 aromatic heterocycles. The van der Waals surface area contributed by atoms with E-state index in [4.69, 9.17) is 0 Å². The number of hydrogen-bond acceptors (Lipinski definition) is 6. The van der Waals surface area contributed by atoms with Gasteiger partial charge in [-0.25, -0.2) is 4.98 Å². The number of aromatic nitrogens is 1. The van der Waals surface area contributed by atoms with E-state index in [0.29, 0.717) is 29.4 Å². The Bertz CT molecular complexity index is 1030. The van der Waals surface area contributed by atoms with E-state index in [0.717, 1.165) is 16.8 Å². The summed E-state index contributed by atoms with van der Waals surface area (Å²) in [6.45, 7) is 3.87. The number of carbonyl (C=O) groups is 3. The Kier molecular flexibility index (Phi) is 7.91. The fourth-order valence-corrected chi connectivity index (χ4v) is 4.30. The summed E-state index contributed by atoms with van der Waals surface area (Å²) >= 11 is 2.75. The van der Waals surface area contributed by atoms with Gasteiger partial charge in [0.15, 0.2) is 5.13 Å². The lowest BCUT2D eigenvalue weighted by Crippen LogP contribution is -2.24. The van der Waals surface area contributed by atoms with Crippen LogP contribution in [0.25, 0.3) is 11.3 Å². The quantitative estimate of drug-likeness (QED) is 0.420. The summed E-state index contributed by atoms with van der Waals surface area (Å²) < 4.78 is 0. The lowest BCUT2D eigenvalue weighted by molar-refractivity contribution is -0.119. The highest BCUT2D eigenvalue weighted by Crippen LogP contribution is 2.26. The zero-order valence-corrected chi connectivity index (χ0v) is 18.9. The second kappa shape index (κ2) is 10.8. The third-order valence-corrected chi connectivity index (χ3v) is 6.11. The number of anilines is 1. The van der Waals surface area contributed by atoms with E-state index in [-0.39, 0.29) is 23.8 Å². The van der Waals surface area contributed by atoms with Gasteiger partial charge in [0, 0.05) is 30.8 Å². The zero-order chi connectivity index (χ0) is 22.2. The maximum atomic E-state index is 12.1. The van der Waals surface area contributed by atoms with Gasteiger partial charge in [0.2, 0.25) is 11.8 Å². The van der Waals surface area contributed by atoms with Crippen LogP contribution >= 0.6 is 22.7 Å². The minimum Gasteiger partial charge on any atom is -0.351 e. The highest BCUT2D eigenvalue weighted by Gasteiger charge is 2.11. The van der Waals surface area contributed by atoms with Crippen molar-refractivity contribution in [1.29, 1.82) is 0 Å². The van der Waals surface area contributed by atoms with Crippen molar-refractivity contribution in [3.63, 3.8) is 0 Å². The van der Waals surface area contributed by atoms with Gasteiger partial charge in [-0.15, -0.1) is 22.7 Å². The van der Waals surface area contributed by atoms with Crippen molar-refractivity contribution < 1.29 is 14.4 Å². The number of thiophene rings is 1. The Balaban J connectivity index is 1.45. The molecule has 0 aliphatic rings. The lowest BCUT2D eigenvalue weighted by Gasteiger charge is -2.13. The number of hydrogen-bond donors (Lipinski definition) is 3. The number of carbonyl (C=O) groups excluding carboxylic acids is 3. The number of thiazole rings is 1. The van der Waals surface area contributed by atoms with E-state index >= 15 is 0 Å². The topological polar surface area (TPSA) is 100 Å². The van der Waals surface area contributed by atoms with Crippen LogP contribution in [-0.4, -0.2) is 29.3 Å². The molecule has 3 N–H and O–H groups in total. The van der Waals surface area contributed by atoms with E-state index in [1.165, 1.54) is 29.6 Å². The zero-order valence-electron chi connectivity index (χ0n) is 17.3. The molecule has 0 radical (unpaired) electrons. The molecule has 162 valence electrons. The van der Waals surface area contributed by atoms with Gasteiger partial charge in [-0.1, -0.05) is 30.3 Å². The van der Waals surface area contributed by atoms with Crippen LogP contribution < -0.4 is 16.0 Å². The average molecular weight is 457 g/mol. The Labute approximate surface area is 188 Å². The number of nitrogens with zero attached hydrogens (tertiary/aromatic N) is 1. The molecule has 0 aliphatic carbocycles. The molecule has 1 aromatic carbocycles.